The molecule has 0 bridgehead atoms. The summed E-state index contributed by atoms with van der Waals surface area (Å²) in [5.41, 5.74) is -0.744. The minimum atomic E-state index is -0.508. The number of rotatable bonds is 3. The molecule has 128 valence electrons. The van der Waals surface area contributed by atoms with Gasteiger partial charge in [0.1, 0.15) is 18.0 Å². The number of nitrogens with one attached hydrogen (secondary N) is 1. The van der Waals surface area contributed by atoms with Crippen LogP contribution in [0.4, 0.5) is 0 Å². The molecule has 0 radical (unpaired) electrons. The zero-order valence-corrected chi connectivity index (χ0v) is 13.6. The Labute approximate surface area is 141 Å². The molecule has 1 unspecified atom stereocenters. The molecule has 4 rings (SSSR count). The van der Waals surface area contributed by atoms with Gasteiger partial charge in [0.15, 0.2) is 11.0 Å². The number of ether oxygens (including phenoxy) is 1. The van der Waals surface area contributed by atoms with Gasteiger partial charge in [-0.3, -0.25) is 9.36 Å². The molecule has 0 saturated carbocycles. The first-order valence-electron chi connectivity index (χ1n) is 7.72. The number of fused-ring (bicyclic) bond motifs is 1. The third-order valence-corrected chi connectivity index (χ3v) is 4.75. The van der Waals surface area contributed by atoms with Gasteiger partial charge in [-0.2, -0.15) is 5.10 Å². The van der Waals surface area contributed by atoms with E-state index in [9.17, 15) is 9.59 Å². The average Bonchev–Trinajstić information content (AvgIpc) is 3.27. The number of carbonyl (C=O) groups excluding carboxylic acids is 1. The average molecular weight is 354 g/mol. The number of nitrogens with zero attached hydrogens (tertiary/aromatic N) is 4. The lowest BCUT2D eigenvalue weighted by Gasteiger charge is -2.33. The van der Waals surface area contributed by atoms with E-state index in [4.69, 9.17) is 20.9 Å². The van der Waals surface area contributed by atoms with Crippen LogP contribution in [-0.2, 0) is 29.1 Å². The minimum Gasteiger partial charge on any atom is -0.363 e. The van der Waals surface area contributed by atoms with Crippen LogP contribution in [0.15, 0.2) is 15.4 Å². The van der Waals surface area contributed by atoms with Crippen molar-refractivity contribution >= 4 is 17.5 Å². The molecule has 0 aromatic carbocycles. The minimum absolute atomic E-state index is 0.0216. The fourth-order valence-electron chi connectivity index (χ4n) is 3.27. The normalized spacial score (nSPS) is 23.0. The fraction of sp³-hybridized carbons (Fsp3) is 0.571. The highest BCUT2D eigenvalue weighted by Crippen LogP contribution is 2.31. The van der Waals surface area contributed by atoms with E-state index < -0.39 is 5.60 Å². The van der Waals surface area contributed by atoms with E-state index in [1.165, 1.54) is 0 Å². The van der Waals surface area contributed by atoms with Crippen molar-refractivity contribution in [2.24, 2.45) is 0 Å². The number of hydrogen-bond acceptors (Lipinski definition) is 6. The Bertz CT molecular complexity index is 827. The van der Waals surface area contributed by atoms with Gasteiger partial charge in [-0.25, -0.2) is 9.89 Å². The summed E-state index contributed by atoms with van der Waals surface area (Å²) in [6.07, 6.45) is 1.47. The predicted octanol–water partition coefficient (Wildman–Crippen LogP) is 0.347. The Hall–Kier alpha value is -2.13. The molecule has 2 aromatic heterocycles. The number of carbonyl (C=O) groups is 1. The lowest BCUT2D eigenvalue weighted by Crippen LogP contribution is -2.47. The summed E-state index contributed by atoms with van der Waals surface area (Å²) in [6, 6.07) is 1.61. The SMILES string of the molecule is O=C(CCc1cc(Cl)no1)N1CCC2(C1)Cn1c(n[nH]c1=O)CO2. The van der Waals surface area contributed by atoms with Crippen molar-refractivity contribution in [3.8, 4) is 0 Å². The van der Waals surface area contributed by atoms with Gasteiger partial charge in [0, 0.05) is 25.5 Å². The molecule has 0 aliphatic carbocycles. The smallest absolute Gasteiger partial charge is 0.343 e. The second-order valence-corrected chi connectivity index (χ2v) is 6.57. The highest BCUT2D eigenvalue weighted by Gasteiger charge is 2.44. The van der Waals surface area contributed by atoms with Gasteiger partial charge in [-0.15, -0.1) is 0 Å². The van der Waals surface area contributed by atoms with E-state index in [0.717, 1.165) is 0 Å². The van der Waals surface area contributed by atoms with E-state index in [1.807, 2.05) is 0 Å². The van der Waals surface area contributed by atoms with Crippen LogP contribution >= 0.6 is 11.6 Å². The topological polar surface area (TPSA) is 106 Å². The van der Waals surface area contributed by atoms with Crippen LogP contribution in [0, 0.1) is 0 Å². The number of hydrogen-bond donors (Lipinski definition) is 1. The van der Waals surface area contributed by atoms with Crippen molar-refractivity contribution in [1.82, 2.24) is 24.8 Å². The van der Waals surface area contributed by atoms with Crippen LogP contribution in [0.1, 0.15) is 24.4 Å². The second-order valence-electron chi connectivity index (χ2n) is 6.18. The van der Waals surface area contributed by atoms with Crippen molar-refractivity contribution in [3.63, 3.8) is 0 Å². The molecular weight excluding hydrogens is 338 g/mol. The van der Waals surface area contributed by atoms with E-state index in [-0.39, 0.29) is 23.4 Å². The Morgan fingerprint density at radius 3 is 3.12 bits per heavy atom. The van der Waals surface area contributed by atoms with Crippen LogP contribution in [0.25, 0.3) is 0 Å². The quantitative estimate of drug-likeness (QED) is 0.853. The van der Waals surface area contributed by atoms with Crippen LogP contribution in [0.5, 0.6) is 0 Å². The summed E-state index contributed by atoms with van der Waals surface area (Å²) in [6.45, 7) is 1.77. The molecule has 1 fully saturated rings. The number of H-pyrrole nitrogens is 1. The second kappa shape index (κ2) is 5.75. The van der Waals surface area contributed by atoms with Crippen molar-refractivity contribution in [2.45, 2.75) is 38.0 Å². The number of aryl methyl sites for hydroxylation is 1. The maximum Gasteiger partial charge on any atom is 0.343 e. The zero-order chi connectivity index (χ0) is 16.7. The summed E-state index contributed by atoms with van der Waals surface area (Å²) >= 11 is 5.69. The van der Waals surface area contributed by atoms with Gasteiger partial charge in [0.25, 0.3) is 0 Å². The number of aromatic amines is 1. The predicted molar refractivity (Wildman–Crippen MR) is 81.4 cm³/mol. The summed E-state index contributed by atoms with van der Waals surface area (Å²) in [4.78, 5) is 25.9. The van der Waals surface area contributed by atoms with E-state index in [1.54, 1.807) is 15.5 Å². The lowest BCUT2D eigenvalue weighted by molar-refractivity contribution is -0.133. The highest BCUT2D eigenvalue weighted by molar-refractivity contribution is 6.29. The number of halogens is 1. The van der Waals surface area contributed by atoms with Gasteiger partial charge in [0.05, 0.1) is 13.1 Å². The summed E-state index contributed by atoms with van der Waals surface area (Å²) in [5.74, 6) is 1.21. The summed E-state index contributed by atoms with van der Waals surface area (Å²) in [5, 5.41) is 10.2. The molecule has 1 atom stereocenters. The first-order chi connectivity index (χ1) is 11.5. The van der Waals surface area contributed by atoms with Crippen molar-refractivity contribution in [1.29, 1.82) is 0 Å². The van der Waals surface area contributed by atoms with Gasteiger partial charge >= 0.3 is 5.69 Å². The van der Waals surface area contributed by atoms with Gasteiger partial charge < -0.3 is 14.2 Å². The molecule has 1 N–H and O–H groups in total. The zero-order valence-electron chi connectivity index (χ0n) is 12.8. The van der Waals surface area contributed by atoms with Crippen molar-refractivity contribution < 1.29 is 14.1 Å². The molecule has 2 aliphatic heterocycles. The van der Waals surface area contributed by atoms with Crippen LogP contribution in [0.3, 0.4) is 0 Å². The highest BCUT2D eigenvalue weighted by atomic mass is 35.5. The molecule has 1 saturated heterocycles. The van der Waals surface area contributed by atoms with E-state index in [0.29, 0.717) is 50.5 Å². The Kier molecular flexibility index (Phi) is 3.69. The molecule has 9 nitrogen and oxygen atoms in total. The fourth-order valence-corrected chi connectivity index (χ4v) is 3.43. The maximum atomic E-state index is 12.4. The molecule has 2 aromatic rings. The summed E-state index contributed by atoms with van der Waals surface area (Å²) in [7, 11) is 0. The molecular formula is C14H16ClN5O4. The number of likely N-dealkylation sites (tertiary alicyclic amines) is 1. The Morgan fingerprint density at radius 1 is 1.46 bits per heavy atom. The Morgan fingerprint density at radius 2 is 2.33 bits per heavy atom. The number of aromatic nitrogens is 4. The van der Waals surface area contributed by atoms with Crippen molar-refractivity contribution in [2.75, 3.05) is 13.1 Å². The molecule has 10 heteroatoms. The molecule has 1 amide bonds. The van der Waals surface area contributed by atoms with E-state index >= 15 is 0 Å². The lowest BCUT2D eigenvalue weighted by atomic mass is 10.0. The van der Waals surface area contributed by atoms with E-state index in [2.05, 4.69) is 15.4 Å². The number of amides is 1. The molecule has 4 heterocycles. The van der Waals surface area contributed by atoms with Crippen LogP contribution in [-0.4, -0.2) is 49.4 Å². The Balaban J connectivity index is 1.38. The maximum absolute atomic E-state index is 12.4. The van der Waals surface area contributed by atoms with Gasteiger partial charge in [0.2, 0.25) is 5.91 Å². The monoisotopic (exact) mass is 353 g/mol. The standard InChI is InChI=1S/C14H16ClN5O4/c15-10-5-9(24-18-10)1-2-12(21)19-4-3-14(7-19)8-20-11(6-23-14)16-17-13(20)22/h5H,1-4,6-8H2,(H,17,22). The molecule has 2 aliphatic rings. The van der Waals surface area contributed by atoms with Crippen LogP contribution in [0.2, 0.25) is 5.15 Å². The summed E-state index contributed by atoms with van der Waals surface area (Å²) < 4.78 is 12.5. The van der Waals surface area contributed by atoms with Gasteiger partial charge in [-0.1, -0.05) is 16.8 Å². The molecule has 24 heavy (non-hydrogen) atoms. The van der Waals surface area contributed by atoms with Gasteiger partial charge in [-0.05, 0) is 6.42 Å². The third kappa shape index (κ3) is 2.73. The van der Waals surface area contributed by atoms with Crippen LogP contribution < -0.4 is 5.69 Å². The third-order valence-electron chi connectivity index (χ3n) is 4.58. The first-order valence-corrected chi connectivity index (χ1v) is 8.09. The molecule has 1 spiro atoms. The largest absolute Gasteiger partial charge is 0.363 e. The van der Waals surface area contributed by atoms with Crippen molar-refractivity contribution in [3.05, 3.63) is 33.3 Å². The first kappa shape index (κ1) is 15.4.